The first-order chi connectivity index (χ1) is 8.36. The minimum atomic E-state index is -0.175. The molecule has 0 saturated carbocycles. The van der Waals surface area contributed by atoms with E-state index in [1.54, 1.807) is 7.11 Å². The first kappa shape index (κ1) is 11.9. The van der Waals surface area contributed by atoms with Crippen LogP contribution in [0.1, 0.15) is 30.9 Å². The number of likely N-dealkylation sites (tertiary alicyclic amines) is 1. The van der Waals surface area contributed by atoms with Crippen molar-refractivity contribution in [2.45, 2.75) is 25.3 Å². The van der Waals surface area contributed by atoms with Gasteiger partial charge in [-0.1, -0.05) is 24.6 Å². The van der Waals surface area contributed by atoms with E-state index in [-0.39, 0.29) is 6.04 Å². The summed E-state index contributed by atoms with van der Waals surface area (Å²) in [6, 6.07) is 10.0. The van der Waals surface area contributed by atoms with Gasteiger partial charge in [-0.3, -0.25) is 4.90 Å². The number of ether oxygens (including phenoxy) is 1. The fourth-order valence-electron chi connectivity index (χ4n) is 2.42. The summed E-state index contributed by atoms with van der Waals surface area (Å²) >= 11 is 0. The molecule has 1 atom stereocenters. The zero-order valence-corrected chi connectivity index (χ0v) is 10.2. The smallest absolute Gasteiger partial charge is 0.127 e. The molecular weight excluding hydrogens is 212 g/mol. The van der Waals surface area contributed by atoms with Crippen molar-refractivity contribution in [1.29, 1.82) is 5.26 Å². The number of nitriles is 1. The molecule has 0 amide bonds. The first-order valence-corrected chi connectivity index (χ1v) is 6.13. The van der Waals surface area contributed by atoms with E-state index in [9.17, 15) is 5.26 Å². The van der Waals surface area contributed by atoms with E-state index in [2.05, 4.69) is 11.0 Å². The quantitative estimate of drug-likeness (QED) is 0.801. The Labute approximate surface area is 103 Å². The van der Waals surface area contributed by atoms with Crippen molar-refractivity contribution >= 4 is 0 Å². The Kier molecular flexibility index (Phi) is 4.00. The third-order valence-electron chi connectivity index (χ3n) is 3.31. The summed E-state index contributed by atoms with van der Waals surface area (Å²) in [7, 11) is 1.66. The first-order valence-electron chi connectivity index (χ1n) is 6.13. The highest BCUT2D eigenvalue weighted by atomic mass is 16.5. The van der Waals surface area contributed by atoms with E-state index >= 15 is 0 Å². The molecule has 1 fully saturated rings. The molecule has 1 aliphatic rings. The minimum Gasteiger partial charge on any atom is -0.496 e. The molecule has 0 bridgehead atoms. The van der Waals surface area contributed by atoms with Gasteiger partial charge in [0.05, 0.1) is 13.2 Å². The lowest BCUT2D eigenvalue weighted by Crippen LogP contribution is -2.33. The van der Waals surface area contributed by atoms with Crippen LogP contribution in [0.5, 0.6) is 5.75 Å². The molecule has 0 N–H and O–H groups in total. The Hall–Kier alpha value is -1.53. The highest BCUT2D eigenvalue weighted by molar-refractivity contribution is 5.38. The second kappa shape index (κ2) is 5.70. The van der Waals surface area contributed by atoms with Crippen molar-refractivity contribution in [3.8, 4) is 11.8 Å². The molecule has 17 heavy (non-hydrogen) atoms. The lowest BCUT2D eigenvalue weighted by atomic mass is 10.0. The Bertz CT molecular complexity index is 405. The topological polar surface area (TPSA) is 36.3 Å². The maximum absolute atomic E-state index is 9.40. The molecule has 90 valence electrons. The largest absolute Gasteiger partial charge is 0.496 e. The summed E-state index contributed by atoms with van der Waals surface area (Å²) in [5, 5.41) is 9.40. The Morgan fingerprint density at radius 1 is 1.24 bits per heavy atom. The number of para-hydroxylation sites is 1. The van der Waals surface area contributed by atoms with Gasteiger partial charge in [0.15, 0.2) is 0 Å². The summed E-state index contributed by atoms with van der Waals surface area (Å²) in [4.78, 5) is 2.25. The van der Waals surface area contributed by atoms with E-state index in [0.717, 1.165) is 24.4 Å². The van der Waals surface area contributed by atoms with Crippen LogP contribution in [0.25, 0.3) is 0 Å². The highest BCUT2D eigenvalue weighted by Gasteiger charge is 2.24. The lowest BCUT2D eigenvalue weighted by molar-refractivity contribution is 0.193. The van der Waals surface area contributed by atoms with Crippen LogP contribution in [0.2, 0.25) is 0 Å². The molecule has 1 aromatic carbocycles. The van der Waals surface area contributed by atoms with E-state index in [4.69, 9.17) is 4.74 Å². The van der Waals surface area contributed by atoms with E-state index < -0.39 is 0 Å². The summed E-state index contributed by atoms with van der Waals surface area (Å²) in [6.07, 6.45) is 3.65. The number of hydrogen-bond donors (Lipinski definition) is 0. The Morgan fingerprint density at radius 3 is 2.59 bits per heavy atom. The van der Waals surface area contributed by atoms with Crippen LogP contribution in [0.3, 0.4) is 0 Å². The summed E-state index contributed by atoms with van der Waals surface area (Å²) in [6.45, 7) is 2.02. The average Bonchev–Trinajstić information content (AvgIpc) is 2.41. The number of piperidine rings is 1. The molecule has 0 aromatic heterocycles. The van der Waals surface area contributed by atoms with Gasteiger partial charge >= 0.3 is 0 Å². The van der Waals surface area contributed by atoms with Crippen molar-refractivity contribution < 1.29 is 4.74 Å². The molecule has 1 aromatic rings. The number of rotatable bonds is 3. The summed E-state index contributed by atoms with van der Waals surface area (Å²) in [5.74, 6) is 0.810. The van der Waals surface area contributed by atoms with E-state index in [0.29, 0.717) is 0 Å². The molecule has 1 unspecified atom stereocenters. The lowest BCUT2D eigenvalue weighted by Gasteiger charge is -2.31. The van der Waals surface area contributed by atoms with E-state index in [1.165, 1.54) is 19.3 Å². The number of hydrogen-bond acceptors (Lipinski definition) is 3. The van der Waals surface area contributed by atoms with Crippen molar-refractivity contribution in [2.75, 3.05) is 20.2 Å². The van der Waals surface area contributed by atoms with Crippen LogP contribution in [0, 0.1) is 11.3 Å². The molecule has 1 saturated heterocycles. The van der Waals surface area contributed by atoms with Gasteiger partial charge in [0.1, 0.15) is 11.8 Å². The van der Waals surface area contributed by atoms with Crippen LogP contribution in [-0.4, -0.2) is 25.1 Å². The predicted octanol–water partition coefficient (Wildman–Crippen LogP) is 2.75. The van der Waals surface area contributed by atoms with Crippen molar-refractivity contribution in [3.63, 3.8) is 0 Å². The van der Waals surface area contributed by atoms with Gasteiger partial charge in [0.25, 0.3) is 0 Å². The SMILES string of the molecule is COc1ccccc1C(C#N)N1CCCCC1. The minimum absolute atomic E-state index is 0.175. The summed E-state index contributed by atoms with van der Waals surface area (Å²) in [5.41, 5.74) is 0.986. The van der Waals surface area contributed by atoms with Crippen LogP contribution in [0.15, 0.2) is 24.3 Å². The molecule has 1 aliphatic heterocycles. The highest BCUT2D eigenvalue weighted by Crippen LogP contribution is 2.30. The molecule has 3 nitrogen and oxygen atoms in total. The number of benzene rings is 1. The number of nitrogens with zero attached hydrogens (tertiary/aromatic N) is 2. The predicted molar refractivity (Wildman–Crippen MR) is 66.8 cm³/mol. The fraction of sp³-hybridized carbons (Fsp3) is 0.500. The van der Waals surface area contributed by atoms with Crippen molar-refractivity contribution in [1.82, 2.24) is 4.90 Å². The number of methoxy groups -OCH3 is 1. The fourth-order valence-corrected chi connectivity index (χ4v) is 2.42. The van der Waals surface area contributed by atoms with Crippen LogP contribution < -0.4 is 4.74 Å². The zero-order chi connectivity index (χ0) is 12.1. The van der Waals surface area contributed by atoms with Crippen LogP contribution in [0.4, 0.5) is 0 Å². The normalized spacial score (nSPS) is 18.4. The Morgan fingerprint density at radius 2 is 1.94 bits per heavy atom. The second-order valence-electron chi connectivity index (χ2n) is 4.37. The van der Waals surface area contributed by atoms with Crippen LogP contribution >= 0.6 is 0 Å². The third kappa shape index (κ3) is 2.59. The van der Waals surface area contributed by atoms with Gasteiger partial charge in [-0.15, -0.1) is 0 Å². The second-order valence-corrected chi connectivity index (χ2v) is 4.37. The molecule has 1 heterocycles. The zero-order valence-electron chi connectivity index (χ0n) is 10.2. The van der Waals surface area contributed by atoms with Crippen LogP contribution in [-0.2, 0) is 0 Å². The van der Waals surface area contributed by atoms with Gasteiger partial charge in [0.2, 0.25) is 0 Å². The molecular formula is C14H18N2O. The van der Waals surface area contributed by atoms with Crippen molar-refractivity contribution in [2.24, 2.45) is 0 Å². The van der Waals surface area contributed by atoms with Gasteiger partial charge < -0.3 is 4.74 Å². The standard InChI is InChI=1S/C14H18N2O/c1-17-14-8-4-3-7-12(14)13(11-15)16-9-5-2-6-10-16/h3-4,7-8,13H,2,5-6,9-10H2,1H3. The van der Waals surface area contributed by atoms with Gasteiger partial charge in [-0.2, -0.15) is 5.26 Å². The maximum atomic E-state index is 9.40. The molecule has 0 spiro atoms. The van der Waals surface area contributed by atoms with Crippen molar-refractivity contribution in [3.05, 3.63) is 29.8 Å². The molecule has 2 rings (SSSR count). The summed E-state index contributed by atoms with van der Waals surface area (Å²) < 4.78 is 5.34. The average molecular weight is 230 g/mol. The molecule has 0 radical (unpaired) electrons. The monoisotopic (exact) mass is 230 g/mol. The van der Waals surface area contributed by atoms with E-state index in [1.807, 2.05) is 24.3 Å². The molecule has 3 heteroatoms. The third-order valence-corrected chi connectivity index (χ3v) is 3.31. The Balaban J connectivity index is 2.25. The van der Waals surface area contributed by atoms with Gasteiger partial charge in [-0.05, 0) is 32.0 Å². The van der Waals surface area contributed by atoms with Gasteiger partial charge in [0, 0.05) is 5.56 Å². The maximum Gasteiger partial charge on any atom is 0.127 e. The van der Waals surface area contributed by atoms with Gasteiger partial charge in [-0.25, -0.2) is 0 Å². The molecule has 0 aliphatic carbocycles.